The Bertz CT molecular complexity index is 1350. The van der Waals surface area contributed by atoms with E-state index >= 15 is 0 Å². The lowest BCUT2D eigenvalue weighted by Crippen LogP contribution is -2.29. The smallest absolute Gasteiger partial charge is 0.297 e. The van der Waals surface area contributed by atoms with Gasteiger partial charge in [-0.3, -0.25) is 14.5 Å². The quantitative estimate of drug-likeness (QED) is 0.473. The minimum atomic E-state index is -0.731. The molecule has 7 nitrogen and oxygen atoms in total. The molecule has 2 aromatic heterocycles. The van der Waals surface area contributed by atoms with Crippen molar-refractivity contribution in [3.8, 4) is 5.75 Å². The minimum absolute atomic E-state index is 0.00393. The standard InChI is InChI=1S/C20H12BrN3O4S/c1-9-22-23-20(29-9)24-16(10-2-5-12(25)6-3-10)15-17(26)13-8-11(21)4-7-14(13)28-18(15)19(24)27/h2-8,16,25H,1H3. The van der Waals surface area contributed by atoms with E-state index in [0.717, 1.165) is 4.47 Å². The molecule has 1 unspecified atom stereocenters. The van der Waals surface area contributed by atoms with Gasteiger partial charge in [0.05, 0.1) is 17.0 Å². The summed E-state index contributed by atoms with van der Waals surface area (Å²) in [5.74, 6) is -0.363. The van der Waals surface area contributed by atoms with Crippen LogP contribution >= 0.6 is 27.3 Å². The highest BCUT2D eigenvalue weighted by atomic mass is 79.9. The van der Waals surface area contributed by atoms with Crippen LogP contribution in [-0.4, -0.2) is 21.2 Å². The van der Waals surface area contributed by atoms with Crippen molar-refractivity contribution in [2.24, 2.45) is 0 Å². The Morgan fingerprint density at radius 2 is 1.90 bits per heavy atom. The van der Waals surface area contributed by atoms with Crippen LogP contribution in [0.5, 0.6) is 5.75 Å². The fourth-order valence-electron chi connectivity index (χ4n) is 3.50. The summed E-state index contributed by atoms with van der Waals surface area (Å²) >= 11 is 4.63. The molecule has 0 aliphatic carbocycles. The first kappa shape index (κ1) is 18.0. The topological polar surface area (TPSA) is 96.5 Å². The van der Waals surface area contributed by atoms with Crippen molar-refractivity contribution >= 4 is 49.3 Å². The maximum Gasteiger partial charge on any atom is 0.297 e. The predicted octanol–water partition coefficient (Wildman–Crippen LogP) is 4.17. The molecule has 1 aliphatic heterocycles. The molecule has 29 heavy (non-hydrogen) atoms. The molecule has 3 heterocycles. The highest BCUT2D eigenvalue weighted by molar-refractivity contribution is 9.10. The van der Waals surface area contributed by atoms with Crippen molar-refractivity contribution < 1.29 is 14.3 Å². The predicted molar refractivity (Wildman–Crippen MR) is 112 cm³/mol. The second-order valence-electron chi connectivity index (χ2n) is 6.59. The Hall–Kier alpha value is -3.04. The monoisotopic (exact) mass is 469 g/mol. The third-order valence-electron chi connectivity index (χ3n) is 4.76. The van der Waals surface area contributed by atoms with Crippen molar-refractivity contribution in [1.82, 2.24) is 10.2 Å². The zero-order valence-corrected chi connectivity index (χ0v) is 17.3. The molecular weight excluding hydrogens is 458 g/mol. The Labute approximate surface area is 176 Å². The number of carbonyl (C=O) groups is 1. The third-order valence-corrected chi connectivity index (χ3v) is 6.09. The normalized spacial score (nSPS) is 15.9. The number of amides is 1. The molecule has 1 aliphatic rings. The molecule has 4 aromatic rings. The van der Waals surface area contributed by atoms with Gasteiger partial charge in [0.25, 0.3) is 5.91 Å². The van der Waals surface area contributed by atoms with Crippen molar-refractivity contribution in [3.05, 3.63) is 79.1 Å². The second kappa shape index (κ2) is 6.50. The molecular formula is C20H12BrN3O4S. The molecule has 9 heteroatoms. The fraction of sp³-hybridized carbons (Fsp3) is 0.100. The van der Waals surface area contributed by atoms with Crippen LogP contribution in [0.1, 0.15) is 32.7 Å². The lowest BCUT2D eigenvalue weighted by molar-refractivity contribution is 0.0970. The van der Waals surface area contributed by atoms with Gasteiger partial charge in [0.1, 0.15) is 16.3 Å². The molecule has 1 amide bonds. The first-order valence-corrected chi connectivity index (χ1v) is 10.2. The van der Waals surface area contributed by atoms with Gasteiger partial charge in [-0.15, -0.1) is 10.2 Å². The van der Waals surface area contributed by atoms with Gasteiger partial charge >= 0.3 is 0 Å². The molecule has 5 rings (SSSR count). The fourth-order valence-corrected chi connectivity index (χ4v) is 4.57. The molecule has 0 fully saturated rings. The highest BCUT2D eigenvalue weighted by Gasteiger charge is 2.45. The van der Waals surface area contributed by atoms with Gasteiger partial charge in [-0.2, -0.15) is 0 Å². The molecule has 0 spiro atoms. The van der Waals surface area contributed by atoms with Crippen molar-refractivity contribution in [2.45, 2.75) is 13.0 Å². The molecule has 144 valence electrons. The van der Waals surface area contributed by atoms with Crippen LogP contribution in [0.4, 0.5) is 5.13 Å². The van der Waals surface area contributed by atoms with Gasteiger partial charge in [-0.1, -0.05) is 39.4 Å². The van der Waals surface area contributed by atoms with Crippen molar-refractivity contribution in [1.29, 1.82) is 0 Å². The zero-order valence-electron chi connectivity index (χ0n) is 14.9. The van der Waals surface area contributed by atoms with Gasteiger partial charge in [0.15, 0.2) is 5.43 Å². The van der Waals surface area contributed by atoms with Gasteiger partial charge in [0.2, 0.25) is 10.9 Å². The van der Waals surface area contributed by atoms with Gasteiger partial charge in [0, 0.05) is 4.47 Å². The van der Waals surface area contributed by atoms with Gasteiger partial charge in [-0.05, 0) is 42.8 Å². The first-order valence-electron chi connectivity index (χ1n) is 8.63. The average molecular weight is 470 g/mol. The lowest BCUT2D eigenvalue weighted by Gasteiger charge is -2.22. The van der Waals surface area contributed by atoms with E-state index in [1.54, 1.807) is 37.3 Å². The van der Waals surface area contributed by atoms with E-state index in [1.165, 1.54) is 28.4 Å². The van der Waals surface area contributed by atoms with Crippen LogP contribution in [0.2, 0.25) is 0 Å². The number of carbonyl (C=O) groups excluding carboxylic acids is 1. The third kappa shape index (κ3) is 2.77. The largest absolute Gasteiger partial charge is 0.508 e. The van der Waals surface area contributed by atoms with Crippen LogP contribution in [0.25, 0.3) is 11.0 Å². The minimum Gasteiger partial charge on any atom is -0.508 e. The number of aromatic nitrogens is 2. The summed E-state index contributed by atoms with van der Waals surface area (Å²) in [5, 5.41) is 19.2. The van der Waals surface area contributed by atoms with E-state index in [2.05, 4.69) is 26.1 Å². The van der Waals surface area contributed by atoms with Gasteiger partial charge in [-0.25, -0.2) is 0 Å². The van der Waals surface area contributed by atoms with E-state index in [0.29, 0.717) is 26.7 Å². The summed E-state index contributed by atoms with van der Waals surface area (Å²) < 4.78 is 6.62. The maximum absolute atomic E-state index is 13.4. The molecule has 2 aromatic carbocycles. The van der Waals surface area contributed by atoms with E-state index in [4.69, 9.17) is 4.42 Å². The number of anilines is 1. The summed E-state index contributed by atoms with van der Waals surface area (Å²) in [5.41, 5.74) is 0.964. The van der Waals surface area contributed by atoms with E-state index in [9.17, 15) is 14.7 Å². The van der Waals surface area contributed by atoms with Crippen molar-refractivity contribution in [2.75, 3.05) is 4.90 Å². The maximum atomic E-state index is 13.4. The van der Waals surface area contributed by atoms with E-state index in [1.807, 2.05) is 0 Å². The summed E-state index contributed by atoms with van der Waals surface area (Å²) in [6, 6.07) is 10.7. The Kier molecular flexibility index (Phi) is 4.04. The summed E-state index contributed by atoms with van der Waals surface area (Å²) in [4.78, 5) is 28.1. The Morgan fingerprint density at radius 1 is 1.14 bits per heavy atom. The number of benzene rings is 2. The van der Waals surface area contributed by atoms with Crippen LogP contribution in [0.3, 0.4) is 0 Å². The number of phenolic OH excluding ortho intramolecular Hbond substituents is 1. The number of halogens is 1. The van der Waals surface area contributed by atoms with Crippen LogP contribution in [-0.2, 0) is 0 Å². The molecule has 0 bridgehead atoms. The molecule has 1 atom stereocenters. The SMILES string of the molecule is Cc1nnc(N2C(=O)c3oc4ccc(Br)cc4c(=O)c3C2c2ccc(O)cc2)s1. The average Bonchev–Trinajstić information content (AvgIpc) is 3.25. The number of nitrogens with zero attached hydrogens (tertiary/aromatic N) is 3. The van der Waals surface area contributed by atoms with E-state index < -0.39 is 11.9 Å². The number of phenols is 1. The number of hydrogen-bond acceptors (Lipinski definition) is 7. The number of hydrogen-bond donors (Lipinski definition) is 1. The Balaban J connectivity index is 1.83. The van der Waals surface area contributed by atoms with Crippen LogP contribution in [0, 0.1) is 6.92 Å². The molecule has 0 saturated carbocycles. The number of aromatic hydroxyl groups is 1. The molecule has 0 radical (unpaired) electrons. The van der Waals surface area contributed by atoms with Crippen molar-refractivity contribution in [3.63, 3.8) is 0 Å². The molecule has 0 saturated heterocycles. The number of aryl methyl sites for hydroxylation is 1. The zero-order chi connectivity index (χ0) is 20.3. The second-order valence-corrected chi connectivity index (χ2v) is 8.66. The van der Waals surface area contributed by atoms with E-state index in [-0.39, 0.29) is 22.5 Å². The molecule has 1 N–H and O–H groups in total. The van der Waals surface area contributed by atoms with Crippen LogP contribution < -0.4 is 10.3 Å². The summed E-state index contributed by atoms with van der Waals surface area (Å²) in [7, 11) is 0. The first-order chi connectivity index (χ1) is 13.9. The van der Waals surface area contributed by atoms with Crippen LogP contribution in [0.15, 0.2) is 56.1 Å². The summed E-state index contributed by atoms with van der Waals surface area (Å²) in [6.45, 7) is 1.79. The summed E-state index contributed by atoms with van der Waals surface area (Å²) in [6.07, 6.45) is 0. The Morgan fingerprint density at radius 3 is 2.59 bits per heavy atom. The number of rotatable bonds is 2. The highest BCUT2D eigenvalue weighted by Crippen LogP contribution is 2.42. The lowest BCUT2D eigenvalue weighted by atomic mass is 9.98. The number of fused-ring (bicyclic) bond motifs is 2. The van der Waals surface area contributed by atoms with Gasteiger partial charge < -0.3 is 9.52 Å².